The van der Waals surface area contributed by atoms with E-state index in [-0.39, 0.29) is 12.1 Å². The maximum Gasteiger partial charge on any atom is 0.0854 e. The lowest BCUT2D eigenvalue weighted by atomic mass is 9.52. The molecule has 0 aromatic heterocycles. The Morgan fingerprint density at radius 3 is 1.85 bits per heavy atom. The van der Waals surface area contributed by atoms with E-state index in [1.165, 1.54) is 44.1 Å². The van der Waals surface area contributed by atoms with Gasteiger partial charge >= 0.3 is 0 Å². The molecule has 1 aromatic carbocycles. The third kappa shape index (κ3) is 3.00. The molecular weight excluding hydrogens is 328 g/mol. The van der Waals surface area contributed by atoms with Gasteiger partial charge in [0.05, 0.1) is 12.1 Å². The van der Waals surface area contributed by atoms with Crippen LogP contribution in [-0.4, -0.2) is 40.5 Å². The van der Waals surface area contributed by atoms with Crippen molar-refractivity contribution < 1.29 is 0 Å². The highest BCUT2D eigenvalue weighted by Gasteiger charge is 2.55. The second kappa shape index (κ2) is 6.70. The Kier molecular flexibility index (Phi) is 4.31. The summed E-state index contributed by atoms with van der Waals surface area (Å²) in [6.45, 7) is 2.81. The minimum absolute atomic E-state index is 0.105. The van der Waals surface area contributed by atoms with Crippen LogP contribution in [0.25, 0.3) is 0 Å². The van der Waals surface area contributed by atoms with Crippen LogP contribution < -0.4 is 0 Å². The van der Waals surface area contributed by atoms with Crippen LogP contribution in [0.4, 0.5) is 0 Å². The maximum atomic E-state index is 6.03. The summed E-state index contributed by atoms with van der Waals surface area (Å²) in [6, 6.07) is 10.8. The largest absolute Gasteiger partial charge is 0.293 e. The lowest BCUT2D eigenvalue weighted by Gasteiger charge is -2.62. The van der Waals surface area contributed by atoms with Gasteiger partial charge in [-0.1, -0.05) is 42.2 Å². The van der Waals surface area contributed by atoms with Gasteiger partial charge in [0.2, 0.25) is 0 Å². The Hall–Kier alpha value is -1.74. The average Bonchev–Trinajstić information content (AvgIpc) is 2.67. The summed E-state index contributed by atoms with van der Waals surface area (Å²) in [5, 5.41) is 0. The van der Waals surface area contributed by atoms with Crippen LogP contribution in [-0.2, 0) is 6.54 Å². The molecule has 2 heteroatoms. The topological polar surface area (TPSA) is 6.48 Å². The Labute approximate surface area is 164 Å². The second-order valence-electron chi connectivity index (χ2n) is 9.57. The predicted molar refractivity (Wildman–Crippen MR) is 110 cm³/mol. The van der Waals surface area contributed by atoms with Crippen LogP contribution in [0, 0.1) is 42.4 Å². The van der Waals surface area contributed by atoms with Crippen molar-refractivity contribution in [3.05, 3.63) is 35.9 Å². The molecule has 4 bridgehead atoms. The second-order valence-corrected chi connectivity index (χ2v) is 9.57. The fourth-order valence-corrected chi connectivity index (χ4v) is 7.07. The van der Waals surface area contributed by atoms with Crippen molar-refractivity contribution in [3.63, 3.8) is 0 Å². The molecule has 0 unspecified atom stereocenters. The van der Waals surface area contributed by atoms with Crippen molar-refractivity contribution >= 4 is 0 Å². The van der Waals surface area contributed by atoms with Crippen LogP contribution in [0.1, 0.15) is 44.1 Å². The monoisotopic (exact) mass is 358 g/mol. The predicted octanol–water partition coefficient (Wildman–Crippen LogP) is 3.78. The number of benzene rings is 1. The number of rotatable bonds is 3. The smallest absolute Gasteiger partial charge is 0.0854 e. The Balaban J connectivity index is 1.39. The highest BCUT2D eigenvalue weighted by molar-refractivity contribution is 5.21. The van der Waals surface area contributed by atoms with E-state index in [1.807, 2.05) is 0 Å². The molecule has 1 saturated heterocycles. The number of nitrogens with zero attached hydrogens (tertiary/aromatic N) is 2. The summed E-state index contributed by atoms with van der Waals surface area (Å²) in [5.74, 6) is 9.03. The summed E-state index contributed by atoms with van der Waals surface area (Å²) in [4.78, 5) is 5.13. The van der Waals surface area contributed by atoms with Gasteiger partial charge in [-0.05, 0) is 61.8 Å². The summed E-state index contributed by atoms with van der Waals surface area (Å²) >= 11 is 0. The van der Waals surface area contributed by atoms with E-state index in [1.54, 1.807) is 0 Å². The lowest BCUT2D eigenvalue weighted by Crippen LogP contribution is -2.67. The first-order chi connectivity index (χ1) is 13.2. The molecule has 5 aliphatic rings. The first-order valence-corrected chi connectivity index (χ1v) is 10.7. The van der Waals surface area contributed by atoms with E-state index in [4.69, 9.17) is 12.8 Å². The molecule has 0 amide bonds. The molecule has 1 aliphatic heterocycles. The summed E-state index contributed by atoms with van der Waals surface area (Å²) < 4.78 is 0. The first kappa shape index (κ1) is 17.4. The third-order valence-corrected chi connectivity index (χ3v) is 7.86. The molecule has 4 saturated carbocycles. The van der Waals surface area contributed by atoms with Crippen LogP contribution in [0.5, 0.6) is 0 Å². The zero-order valence-electron chi connectivity index (χ0n) is 16.2. The highest BCUT2D eigenvalue weighted by Crippen LogP contribution is 2.58. The maximum absolute atomic E-state index is 6.03. The van der Waals surface area contributed by atoms with Gasteiger partial charge in [-0.2, -0.15) is 0 Å². The molecule has 140 valence electrons. The van der Waals surface area contributed by atoms with Gasteiger partial charge in [0.25, 0.3) is 0 Å². The van der Waals surface area contributed by atoms with Gasteiger partial charge < -0.3 is 0 Å². The number of piperazine rings is 1. The SMILES string of the molecule is C#C[C@@H]1CN(C23CC4CC(CC(C4)C2)C3)C[C@H](C#C)N1Cc1ccccc1. The summed E-state index contributed by atoms with van der Waals surface area (Å²) in [7, 11) is 0. The molecule has 0 N–H and O–H groups in total. The zero-order chi connectivity index (χ0) is 18.4. The van der Waals surface area contributed by atoms with Gasteiger partial charge in [0, 0.05) is 25.2 Å². The molecule has 5 fully saturated rings. The zero-order valence-corrected chi connectivity index (χ0v) is 16.2. The van der Waals surface area contributed by atoms with Crippen molar-refractivity contribution in [3.8, 4) is 24.7 Å². The molecule has 0 radical (unpaired) electrons. The summed E-state index contributed by atoms with van der Waals surface area (Å²) in [6.07, 6.45) is 20.6. The van der Waals surface area contributed by atoms with Crippen LogP contribution in [0.2, 0.25) is 0 Å². The van der Waals surface area contributed by atoms with Gasteiger partial charge in [0.15, 0.2) is 0 Å². The van der Waals surface area contributed by atoms with Crippen molar-refractivity contribution in [1.82, 2.24) is 9.80 Å². The normalized spacial score (nSPS) is 41.2. The average molecular weight is 359 g/mol. The van der Waals surface area contributed by atoms with Gasteiger partial charge in [-0.25, -0.2) is 0 Å². The molecule has 1 aromatic rings. The standard InChI is InChI=1S/C25H30N2/c1-3-23-17-26(25-13-20-10-21(14-25)12-22(11-20)15-25)18-24(4-2)27(23)16-19-8-6-5-7-9-19/h1-2,5-9,20-24H,10-18H2/t20?,21?,22?,23-,24+,25?. The minimum atomic E-state index is 0.105. The fraction of sp³-hybridized carbons (Fsp3) is 0.600. The van der Waals surface area contributed by atoms with E-state index < -0.39 is 0 Å². The molecule has 6 rings (SSSR count). The molecule has 2 atom stereocenters. The minimum Gasteiger partial charge on any atom is -0.293 e. The Morgan fingerprint density at radius 2 is 1.37 bits per heavy atom. The molecule has 27 heavy (non-hydrogen) atoms. The lowest BCUT2D eigenvalue weighted by molar-refractivity contribution is -0.112. The van der Waals surface area contributed by atoms with E-state index in [0.29, 0.717) is 5.54 Å². The Bertz CT molecular complexity index is 708. The van der Waals surface area contributed by atoms with Gasteiger partial charge in [-0.3, -0.25) is 9.80 Å². The van der Waals surface area contributed by atoms with Gasteiger partial charge in [-0.15, -0.1) is 12.8 Å². The van der Waals surface area contributed by atoms with Crippen molar-refractivity contribution in [2.75, 3.05) is 13.1 Å². The number of hydrogen-bond acceptors (Lipinski definition) is 2. The highest BCUT2D eigenvalue weighted by atomic mass is 15.3. The van der Waals surface area contributed by atoms with E-state index in [0.717, 1.165) is 37.4 Å². The third-order valence-electron chi connectivity index (χ3n) is 7.86. The molecule has 1 heterocycles. The van der Waals surface area contributed by atoms with Crippen LogP contribution in [0.3, 0.4) is 0 Å². The quantitative estimate of drug-likeness (QED) is 0.759. The number of terminal acetylenes is 2. The molecule has 4 aliphatic carbocycles. The van der Waals surface area contributed by atoms with E-state index in [9.17, 15) is 0 Å². The fourth-order valence-electron chi connectivity index (χ4n) is 7.07. The van der Waals surface area contributed by atoms with Gasteiger partial charge in [0.1, 0.15) is 0 Å². The van der Waals surface area contributed by atoms with E-state index >= 15 is 0 Å². The molecule has 0 spiro atoms. The van der Waals surface area contributed by atoms with Crippen molar-refractivity contribution in [2.24, 2.45) is 17.8 Å². The van der Waals surface area contributed by atoms with Crippen molar-refractivity contribution in [1.29, 1.82) is 0 Å². The summed E-state index contributed by atoms with van der Waals surface area (Å²) in [5.41, 5.74) is 1.68. The Morgan fingerprint density at radius 1 is 0.852 bits per heavy atom. The first-order valence-electron chi connectivity index (χ1n) is 10.7. The van der Waals surface area contributed by atoms with Crippen LogP contribution in [0.15, 0.2) is 30.3 Å². The molecular formula is C25H30N2. The molecule has 2 nitrogen and oxygen atoms in total. The number of hydrogen-bond donors (Lipinski definition) is 0. The van der Waals surface area contributed by atoms with E-state index in [2.05, 4.69) is 52.0 Å². The van der Waals surface area contributed by atoms with Crippen LogP contribution >= 0.6 is 0 Å². The van der Waals surface area contributed by atoms with Crippen molar-refractivity contribution in [2.45, 2.75) is 62.7 Å².